The van der Waals surface area contributed by atoms with Crippen molar-refractivity contribution >= 4 is 40.2 Å². The van der Waals surface area contributed by atoms with Crippen LogP contribution < -0.4 is 10.9 Å². The molecule has 1 amide bonds. The first-order valence-corrected chi connectivity index (χ1v) is 10.0. The van der Waals surface area contributed by atoms with E-state index < -0.39 is 5.25 Å². The maximum Gasteiger partial charge on any atom is 0.266 e. The Morgan fingerprint density at radius 3 is 2.86 bits per heavy atom. The van der Waals surface area contributed by atoms with Gasteiger partial charge in [0.1, 0.15) is 0 Å². The highest BCUT2D eigenvalue weighted by atomic mass is 35.5. The van der Waals surface area contributed by atoms with Crippen molar-refractivity contribution in [3.8, 4) is 5.69 Å². The number of halogens is 1. The summed E-state index contributed by atoms with van der Waals surface area (Å²) in [7, 11) is 0. The second kappa shape index (κ2) is 8.63. The summed E-state index contributed by atoms with van der Waals surface area (Å²) in [6, 6.07) is 12.6. The highest BCUT2D eigenvalue weighted by Gasteiger charge is 2.20. The zero-order valence-corrected chi connectivity index (χ0v) is 17.2. The number of fused-ring (bicyclic) bond motifs is 1. The van der Waals surface area contributed by atoms with Crippen LogP contribution in [0.3, 0.4) is 0 Å². The number of carbonyl (C=O) groups is 1. The van der Waals surface area contributed by atoms with Gasteiger partial charge >= 0.3 is 0 Å². The number of hydrogen-bond donors (Lipinski definition) is 1. The monoisotopic (exact) mass is 413 g/mol. The first kappa shape index (κ1) is 20.2. The molecule has 0 saturated carbocycles. The first-order valence-electron chi connectivity index (χ1n) is 8.75. The minimum Gasteiger partial charge on any atom is -0.352 e. The summed E-state index contributed by atoms with van der Waals surface area (Å²) in [6.45, 7) is 7.72. The molecule has 0 fully saturated rings. The van der Waals surface area contributed by atoms with Crippen molar-refractivity contribution in [2.24, 2.45) is 0 Å². The van der Waals surface area contributed by atoms with E-state index in [0.717, 1.165) is 5.56 Å². The SMILES string of the molecule is C=CCNC(=O)[C@H](C)Sc1nc2cc(Cl)ccc2c(=O)n1-c1cccc(C)c1. The van der Waals surface area contributed by atoms with Gasteiger partial charge in [0.2, 0.25) is 5.91 Å². The largest absolute Gasteiger partial charge is 0.352 e. The minimum atomic E-state index is -0.445. The van der Waals surface area contributed by atoms with Crippen LogP contribution in [0, 0.1) is 6.92 Å². The maximum atomic E-state index is 13.2. The van der Waals surface area contributed by atoms with E-state index in [9.17, 15) is 9.59 Å². The lowest BCUT2D eigenvalue weighted by atomic mass is 10.2. The van der Waals surface area contributed by atoms with Crippen LogP contribution in [-0.2, 0) is 4.79 Å². The van der Waals surface area contributed by atoms with Crippen molar-refractivity contribution in [1.82, 2.24) is 14.9 Å². The number of rotatable bonds is 6. The number of nitrogens with one attached hydrogen (secondary N) is 1. The standard InChI is InChI=1S/C21H20ClN3O2S/c1-4-10-23-19(26)14(3)28-21-24-18-12-15(22)8-9-17(18)20(27)25(21)16-7-5-6-13(2)11-16/h4-9,11-12,14H,1,10H2,2-3H3,(H,23,26)/t14-/m0/s1. The topological polar surface area (TPSA) is 64.0 Å². The lowest BCUT2D eigenvalue weighted by Crippen LogP contribution is -2.32. The molecule has 2 aromatic carbocycles. The molecule has 144 valence electrons. The molecule has 1 atom stereocenters. The molecule has 0 bridgehead atoms. The Labute approximate surface area is 172 Å². The third-order valence-electron chi connectivity index (χ3n) is 4.13. The van der Waals surface area contributed by atoms with Crippen LogP contribution >= 0.6 is 23.4 Å². The zero-order chi connectivity index (χ0) is 20.3. The minimum absolute atomic E-state index is 0.152. The van der Waals surface area contributed by atoms with Gasteiger partial charge < -0.3 is 5.32 Å². The van der Waals surface area contributed by atoms with E-state index in [1.807, 2.05) is 31.2 Å². The molecule has 0 radical (unpaired) electrons. The van der Waals surface area contributed by atoms with Gasteiger partial charge in [-0.05, 0) is 49.7 Å². The molecule has 0 aliphatic heterocycles. The third kappa shape index (κ3) is 4.29. The molecule has 7 heteroatoms. The second-order valence-electron chi connectivity index (χ2n) is 6.33. The molecule has 0 aliphatic carbocycles. The molecule has 1 aromatic heterocycles. The van der Waals surface area contributed by atoms with Gasteiger partial charge in [-0.25, -0.2) is 4.98 Å². The molecule has 1 heterocycles. The van der Waals surface area contributed by atoms with Crippen LogP contribution in [0.15, 0.2) is 65.1 Å². The van der Waals surface area contributed by atoms with Gasteiger partial charge in [0.05, 0.1) is 21.8 Å². The fourth-order valence-electron chi connectivity index (χ4n) is 2.74. The Morgan fingerprint density at radius 1 is 1.36 bits per heavy atom. The van der Waals surface area contributed by atoms with Crippen molar-refractivity contribution < 1.29 is 4.79 Å². The molecule has 3 rings (SSSR count). The number of thioether (sulfide) groups is 1. The van der Waals surface area contributed by atoms with Gasteiger partial charge in [-0.15, -0.1) is 6.58 Å². The summed E-state index contributed by atoms with van der Waals surface area (Å²) in [5.74, 6) is -0.152. The Balaban J connectivity index is 2.15. The van der Waals surface area contributed by atoms with Gasteiger partial charge in [-0.2, -0.15) is 0 Å². The summed E-state index contributed by atoms with van der Waals surface area (Å²) >= 11 is 7.31. The number of carbonyl (C=O) groups excluding carboxylic acids is 1. The van der Waals surface area contributed by atoms with Crippen LogP contribution in [0.2, 0.25) is 5.02 Å². The molecule has 0 unspecified atom stereocenters. The van der Waals surface area contributed by atoms with Crippen LogP contribution in [0.4, 0.5) is 0 Å². The van der Waals surface area contributed by atoms with Gasteiger partial charge in [0.15, 0.2) is 5.16 Å². The van der Waals surface area contributed by atoms with Crippen LogP contribution in [0.25, 0.3) is 16.6 Å². The Morgan fingerprint density at radius 2 is 2.14 bits per heavy atom. The Bertz CT molecular complexity index is 1110. The summed E-state index contributed by atoms with van der Waals surface area (Å²) in [5.41, 5.74) is 2.03. The predicted molar refractivity (Wildman–Crippen MR) is 116 cm³/mol. The van der Waals surface area contributed by atoms with E-state index in [4.69, 9.17) is 11.6 Å². The molecule has 1 N–H and O–H groups in total. The van der Waals surface area contributed by atoms with Crippen molar-refractivity contribution in [2.45, 2.75) is 24.3 Å². The predicted octanol–water partition coefficient (Wildman–Crippen LogP) is 4.13. The summed E-state index contributed by atoms with van der Waals surface area (Å²) in [4.78, 5) is 30.2. The number of amides is 1. The van der Waals surface area contributed by atoms with Gasteiger partial charge in [-0.3, -0.25) is 14.2 Å². The number of benzene rings is 2. The van der Waals surface area contributed by atoms with E-state index in [1.165, 1.54) is 11.8 Å². The van der Waals surface area contributed by atoms with Crippen LogP contribution in [-0.4, -0.2) is 27.3 Å². The Hall–Kier alpha value is -2.57. The zero-order valence-electron chi connectivity index (χ0n) is 15.6. The normalized spacial score (nSPS) is 12.0. The molecule has 3 aromatic rings. The van der Waals surface area contributed by atoms with Gasteiger partial charge in [0.25, 0.3) is 5.56 Å². The molecule has 0 saturated heterocycles. The van der Waals surface area contributed by atoms with Crippen LogP contribution in [0.1, 0.15) is 12.5 Å². The summed E-state index contributed by atoms with van der Waals surface area (Å²) in [5, 5.41) is 3.73. The highest BCUT2D eigenvalue weighted by Crippen LogP contribution is 2.26. The Kier molecular flexibility index (Phi) is 6.21. The molecular formula is C21H20ClN3O2S. The third-order valence-corrected chi connectivity index (χ3v) is 5.42. The maximum absolute atomic E-state index is 13.2. The number of aromatic nitrogens is 2. The number of nitrogens with zero attached hydrogens (tertiary/aromatic N) is 2. The van der Waals surface area contributed by atoms with Crippen molar-refractivity contribution in [3.05, 3.63) is 76.1 Å². The quantitative estimate of drug-likeness (QED) is 0.375. The van der Waals surface area contributed by atoms with Crippen molar-refractivity contribution in [2.75, 3.05) is 6.54 Å². The summed E-state index contributed by atoms with van der Waals surface area (Å²) in [6.07, 6.45) is 1.62. The fourth-order valence-corrected chi connectivity index (χ4v) is 3.86. The number of aryl methyl sites for hydroxylation is 1. The second-order valence-corrected chi connectivity index (χ2v) is 8.07. The van der Waals surface area contributed by atoms with Gasteiger partial charge in [-0.1, -0.05) is 41.6 Å². The number of hydrogen-bond acceptors (Lipinski definition) is 4. The van der Waals surface area contributed by atoms with E-state index in [-0.39, 0.29) is 11.5 Å². The van der Waals surface area contributed by atoms with E-state index in [1.54, 1.807) is 35.8 Å². The first-order chi connectivity index (χ1) is 13.4. The average molecular weight is 414 g/mol. The van der Waals surface area contributed by atoms with E-state index >= 15 is 0 Å². The lowest BCUT2D eigenvalue weighted by molar-refractivity contribution is -0.120. The lowest BCUT2D eigenvalue weighted by Gasteiger charge is -2.16. The smallest absolute Gasteiger partial charge is 0.266 e. The van der Waals surface area contributed by atoms with Crippen molar-refractivity contribution in [3.63, 3.8) is 0 Å². The van der Waals surface area contributed by atoms with E-state index in [2.05, 4.69) is 16.9 Å². The molecular weight excluding hydrogens is 394 g/mol. The fraction of sp³-hybridized carbons (Fsp3) is 0.190. The van der Waals surface area contributed by atoms with Crippen LogP contribution in [0.5, 0.6) is 0 Å². The van der Waals surface area contributed by atoms with E-state index in [0.29, 0.717) is 33.3 Å². The molecule has 28 heavy (non-hydrogen) atoms. The molecule has 0 aliphatic rings. The molecule has 0 spiro atoms. The molecule has 5 nitrogen and oxygen atoms in total. The van der Waals surface area contributed by atoms with Gasteiger partial charge in [0, 0.05) is 11.6 Å². The summed E-state index contributed by atoms with van der Waals surface area (Å²) < 4.78 is 1.55. The highest BCUT2D eigenvalue weighted by molar-refractivity contribution is 8.00. The average Bonchev–Trinajstić information content (AvgIpc) is 2.65. The van der Waals surface area contributed by atoms with Crippen molar-refractivity contribution in [1.29, 1.82) is 0 Å².